The fourth-order valence-electron chi connectivity index (χ4n) is 0. The fraction of sp³-hybridized carbons (Fsp3) is 1.00. The Morgan fingerprint density at radius 1 is 1.10 bits per heavy atom. The van der Waals surface area contributed by atoms with Crippen LogP contribution < -0.4 is 24.0 Å². The molecular weight excluding hydrogens is 151 g/mol. The summed E-state index contributed by atoms with van der Waals surface area (Å²) < 4.78 is 29.4. The van der Waals surface area contributed by atoms with E-state index in [0.717, 1.165) is 0 Å². The number of halogens is 3. The maximum atomic E-state index is 9.80. The van der Waals surface area contributed by atoms with Crippen LogP contribution in [-0.4, -0.2) is 28.8 Å². The van der Waals surface area contributed by atoms with Crippen LogP contribution in [0.3, 0.4) is 0 Å². The molecule has 0 spiro atoms. The molecule has 0 radical (unpaired) electrons. The molecule has 0 amide bonds. The van der Waals surface area contributed by atoms with Crippen molar-refractivity contribution in [3.05, 3.63) is 0 Å². The van der Waals surface area contributed by atoms with Crippen LogP contribution in [0, 0.1) is 0 Å². The van der Waals surface area contributed by atoms with Gasteiger partial charge in [0.1, 0.15) is 0 Å². The fourth-order valence-corrected chi connectivity index (χ4v) is 0. The number of hydrogen-bond donors (Lipinski definition) is 3. The van der Waals surface area contributed by atoms with Crippen LogP contribution in [0.4, 0.5) is 13.2 Å². The van der Waals surface area contributed by atoms with E-state index in [-0.39, 0.29) is 18.9 Å². The average Bonchev–Trinajstić information content (AvgIpc) is 1.19. The SMILES string of the molecule is OB(O)O.[Li+].[O-]C(F)(F)F. The van der Waals surface area contributed by atoms with Crippen LogP contribution in [0.25, 0.3) is 0 Å². The van der Waals surface area contributed by atoms with Crippen molar-refractivity contribution in [1.82, 2.24) is 0 Å². The molecule has 0 saturated heterocycles. The Hall–Kier alpha value is 0.292. The normalized spacial score (nSPS) is 8.70. The van der Waals surface area contributed by atoms with Gasteiger partial charge in [-0.3, -0.25) is 0 Å². The summed E-state index contributed by atoms with van der Waals surface area (Å²) in [5, 5.41) is 29.6. The second-order valence-electron chi connectivity index (χ2n) is 0.792. The Balaban J connectivity index is -0.0000000910. The van der Waals surface area contributed by atoms with E-state index in [2.05, 4.69) is 0 Å². The second kappa shape index (κ2) is 7.40. The van der Waals surface area contributed by atoms with Gasteiger partial charge in [-0.1, -0.05) is 0 Å². The van der Waals surface area contributed by atoms with Crippen molar-refractivity contribution < 1.29 is 52.2 Å². The third-order valence-corrected chi connectivity index (χ3v) is 0. The zero-order chi connectivity index (χ0) is 8.08. The quantitative estimate of drug-likeness (QED) is 0.304. The molecule has 0 atom stereocenters. The molecule has 0 aliphatic heterocycles. The van der Waals surface area contributed by atoms with E-state index >= 15 is 0 Å². The van der Waals surface area contributed by atoms with Gasteiger partial charge in [-0.05, 0) is 0 Å². The van der Waals surface area contributed by atoms with Gasteiger partial charge >= 0.3 is 32.5 Å². The summed E-state index contributed by atoms with van der Waals surface area (Å²) in [6.07, 6.45) is -5.25. The topological polar surface area (TPSA) is 83.8 Å². The maximum Gasteiger partial charge on any atom is 1.00 e. The largest absolute Gasteiger partial charge is 1.00 e. The number of hydrogen-bond acceptors (Lipinski definition) is 4. The molecule has 0 aliphatic rings. The van der Waals surface area contributed by atoms with Crippen molar-refractivity contribution in [2.75, 3.05) is 0 Å². The van der Waals surface area contributed by atoms with Crippen molar-refractivity contribution in [1.29, 1.82) is 0 Å². The van der Waals surface area contributed by atoms with Gasteiger partial charge in [0.25, 0.3) is 0 Å². The van der Waals surface area contributed by atoms with E-state index in [4.69, 9.17) is 20.2 Å². The Morgan fingerprint density at radius 2 is 1.10 bits per heavy atom. The molecule has 10 heavy (non-hydrogen) atoms. The van der Waals surface area contributed by atoms with Crippen molar-refractivity contribution in [3.63, 3.8) is 0 Å². The number of alkyl halides is 3. The van der Waals surface area contributed by atoms with E-state index in [9.17, 15) is 13.2 Å². The van der Waals surface area contributed by atoms with Crippen molar-refractivity contribution >= 4 is 7.32 Å². The van der Waals surface area contributed by atoms with E-state index in [1.807, 2.05) is 0 Å². The van der Waals surface area contributed by atoms with Gasteiger partial charge in [0.05, 0.1) is 0 Å². The van der Waals surface area contributed by atoms with Gasteiger partial charge in [-0.25, -0.2) is 0 Å². The summed E-state index contributed by atoms with van der Waals surface area (Å²) >= 11 is 0. The number of rotatable bonds is 0. The molecule has 0 aromatic heterocycles. The van der Waals surface area contributed by atoms with Gasteiger partial charge in [-0.2, -0.15) is 13.2 Å². The third kappa shape index (κ3) is 5160. The molecule has 56 valence electrons. The molecule has 0 aromatic rings. The van der Waals surface area contributed by atoms with Crippen LogP contribution in [-0.2, 0) is 0 Å². The van der Waals surface area contributed by atoms with Crippen LogP contribution in [0.5, 0.6) is 0 Å². The minimum atomic E-state index is -5.25. The van der Waals surface area contributed by atoms with E-state index < -0.39 is 13.7 Å². The Morgan fingerprint density at radius 3 is 1.10 bits per heavy atom. The summed E-state index contributed by atoms with van der Waals surface area (Å²) in [5.74, 6) is 0. The molecule has 0 bridgehead atoms. The molecule has 0 saturated carbocycles. The van der Waals surface area contributed by atoms with Crippen molar-refractivity contribution in [2.45, 2.75) is 6.36 Å². The molecule has 0 unspecified atom stereocenters. The first kappa shape index (κ1) is 16.7. The predicted molar refractivity (Wildman–Crippen MR) is 18.5 cm³/mol. The molecular formula is CH3BF3LiO4. The van der Waals surface area contributed by atoms with Gasteiger partial charge in [0, 0.05) is 0 Å². The van der Waals surface area contributed by atoms with Gasteiger partial charge < -0.3 is 20.2 Å². The molecule has 0 aromatic carbocycles. The standard InChI is InChI=1S/CF3O.BH3O3.Li/c2-1(3,4)5;2-1(3)4;/h;2-4H;/q-1;;+1. The predicted octanol–water partition coefficient (Wildman–Crippen LogP) is -5.18. The Kier molecular flexibility index (Phi) is 12.4. The van der Waals surface area contributed by atoms with Gasteiger partial charge in [0.2, 0.25) is 0 Å². The minimum absolute atomic E-state index is 0. The average molecular weight is 154 g/mol. The van der Waals surface area contributed by atoms with E-state index in [1.165, 1.54) is 0 Å². The molecule has 0 aliphatic carbocycles. The Bertz CT molecular complexity index is 57.3. The van der Waals surface area contributed by atoms with Crippen LogP contribution in [0.2, 0.25) is 0 Å². The first-order chi connectivity index (χ1) is 3.73. The van der Waals surface area contributed by atoms with Crippen LogP contribution >= 0.6 is 0 Å². The smallest absolute Gasteiger partial charge is 0.771 e. The van der Waals surface area contributed by atoms with E-state index in [0.29, 0.717) is 0 Å². The molecule has 0 rings (SSSR count). The molecule has 0 heterocycles. The van der Waals surface area contributed by atoms with Crippen LogP contribution in [0.1, 0.15) is 0 Å². The van der Waals surface area contributed by atoms with Gasteiger partial charge in [-0.15, -0.1) is 0 Å². The minimum Gasteiger partial charge on any atom is -0.771 e. The summed E-state index contributed by atoms with van der Waals surface area (Å²) in [5.41, 5.74) is 0. The third-order valence-electron chi connectivity index (χ3n) is 0. The summed E-state index contributed by atoms with van der Waals surface area (Å²) in [7, 11) is -2.17. The summed E-state index contributed by atoms with van der Waals surface area (Å²) in [6, 6.07) is 0. The maximum absolute atomic E-state index is 9.80. The second-order valence-corrected chi connectivity index (χ2v) is 0.792. The zero-order valence-electron chi connectivity index (χ0n) is 4.96. The first-order valence-corrected chi connectivity index (χ1v) is 1.55. The first-order valence-electron chi connectivity index (χ1n) is 1.55. The summed E-state index contributed by atoms with van der Waals surface area (Å²) in [4.78, 5) is 0. The molecule has 4 nitrogen and oxygen atoms in total. The van der Waals surface area contributed by atoms with Gasteiger partial charge in [0.15, 0.2) is 0 Å². The van der Waals surface area contributed by atoms with Crippen molar-refractivity contribution in [2.24, 2.45) is 0 Å². The molecule has 3 N–H and O–H groups in total. The van der Waals surface area contributed by atoms with Crippen LogP contribution in [0.15, 0.2) is 0 Å². The summed E-state index contributed by atoms with van der Waals surface area (Å²) in [6.45, 7) is 0. The van der Waals surface area contributed by atoms with Crippen molar-refractivity contribution in [3.8, 4) is 0 Å². The molecule has 9 heteroatoms. The monoisotopic (exact) mass is 154 g/mol. The molecule has 0 fully saturated rings. The zero-order valence-corrected chi connectivity index (χ0v) is 4.96. The Labute approximate surface area is 66.6 Å². The van der Waals surface area contributed by atoms with E-state index in [1.54, 1.807) is 0 Å².